The van der Waals surface area contributed by atoms with E-state index >= 15 is 0 Å². The molecule has 1 saturated carbocycles. The zero-order valence-electron chi connectivity index (χ0n) is 10.9. The van der Waals surface area contributed by atoms with Gasteiger partial charge in [-0.3, -0.25) is 0 Å². The normalized spacial score (nSPS) is 19.2. The number of benzene rings is 1. The second-order valence-corrected chi connectivity index (χ2v) is 5.55. The molecule has 2 heterocycles. The molecule has 2 aromatic rings. The van der Waals surface area contributed by atoms with Gasteiger partial charge in [-0.05, 0) is 5.92 Å². The van der Waals surface area contributed by atoms with Gasteiger partial charge in [0.25, 0.3) is 0 Å². The van der Waals surface area contributed by atoms with Gasteiger partial charge < -0.3 is 14.5 Å². The minimum atomic E-state index is 0.720. The summed E-state index contributed by atoms with van der Waals surface area (Å²) in [5, 5.41) is 0. The summed E-state index contributed by atoms with van der Waals surface area (Å²) in [7, 11) is 0. The molecule has 0 atom stereocenters. The molecular weight excluding hydrogens is 240 g/mol. The van der Waals surface area contributed by atoms with Crippen molar-refractivity contribution >= 4 is 11.0 Å². The van der Waals surface area contributed by atoms with Gasteiger partial charge in [0, 0.05) is 25.0 Å². The fourth-order valence-electron chi connectivity index (χ4n) is 2.79. The molecule has 1 aromatic carbocycles. The molecule has 0 saturated heterocycles. The van der Waals surface area contributed by atoms with E-state index in [0.29, 0.717) is 0 Å². The summed E-state index contributed by atoms with van der Waals surface area (Å²) < 4.78 is 11.4. The Labute approximate surface area is 112 Å². The predicted molar refractivity (Wildman–Crippen MR) is 72.7 cm³/mol. The van der Waals surface area contributed by atoms with E-state index in [2.05, 4.69) is 9.97 Å². The summed E-state index contributed by atoms with van der Waals surface area (Å²) in [6, 6.07) is 4.02. The lowest BCUT2D eigenvalue weighted by atomic mass is 9.83. The Morgan fingerprint density at radius 2 is 1.89 bits per heavy atom. The van der Waals surface area contributed by atoms with E-state index < -0.39 is 0 Å². The molecule has 4 nitrogen and oxygen atoms in total. The Hall–Kier alpha value is -1.71. The van der Waals surface area contributed by atoms with Crippen LogP contribution >= 0.6 is 0 Å². The van der Waals surface area contributed by atoms with E-state index in [1.165, 1.54) is 19.3 Å². The molecule has 0 radical (unpaired) electrons. The van der Waals surface area contributed by atoms with E-state index in [1.807, 2.05) is 12.1 Å². The van der Waals surface area contributed by atoms with Crippen molar-refractivity contribution in [3.8, 4) is 11.5 Å². The predicted octanol–water partition coefficient (Wildman–Crippen LogP) is 3.07. The summed E-state index contributed by atoms with van der Waals surface area (Å²) in [6.45, 7) is 1.44. The van der Waals surface area contributed by atoms with E-state index in [4.69, 9.17) is 9.47 Å². The molecule has 1 aromatic heterocycles. The van der Waals surface area contributed by atoms with Crippen LogP contribution in [0.15, 0.2) is 12.1 Å². The van der Waals surface area contributed by atoms with Crippen molar-refractivity contribution in [2.75, 3.05) is 13.2 Å². The maximum atomic E-state index is 5.71. The number of hydrogen-bond acceptors (Lipinski definition) is 3. The van der Waals surface area contributed by atoms with Crippen LogP contribution in [0.25, 0.3) is 11.0 Å². The van der Waals surface area contributed by atoms with Gasteiger partial charge in [0.2, 0.25) is 0 Å². The second kappa shape index (κ2) is 4.44. The highest BCUT2D eigenvalue weighted by atomic mass is 16.5. The maximum absolute atomic E-state index is 5.71. The molecule has 100 valence electrons. The van der Waals surface area contributed by atoms with Crippen molar-refractivity contribution in [1.29, 1.82) is 0 Å². The van der Waals surface area contributed by atoms with Gasteiger partial charge in [0.05, 0.1) is 24.2 Å². The fourth-order valence-corrected chi connectivity index (χ4v) is 2.79. The third-order valence-corrected chi connectivity index (χ3v) is 4.11. The molecule has 0 unspecified atom stereocenters. The van der Waals surface area contributed by atoms with Crippen molar-refractivity contribution in [3.63, 3.8) is 0 Å². The Bertz CT molecular complexity index is 558. The second-order valence-electron chi connectivity index (χ2n) is 5.55. The van der Waals surface area contributed by atoms with Gasteiger partial charge in [0.1, 0.15) is 5.82 Å². The maximum Gasteiger partial charge on any atom is 0.163 e. The first-order valence-corrected chi connectivity index (χ1v) is 7.17. The SMILES string of the molecule is c1c2c(cc3[nH]c(CC4CCC4)nc13)OCCCO2. The average molecular weight is 258 g/mol. The van der Waals surface area contributed by atoms with Gasteiger partial charge in [-0.15, -0.1) is 0 Å². The number of fused-ring (bicyclic) bond motifs is 2. The van der Waals surface area contributed by atoms with Crippen LogP contribution in [0.2, 0.25) is 0 Å². The van der Waals surface area contributed by atoms with Crippen LogP contribution in [0, 0.1) is 5.92 Å². The monoisotopic (exact) mass is 258 g/mol. The van der Waals surface area contributed by atoms with Gasteiger partial charge in [-0.25, -0.2) is 4.98 Å². The lowest BCUT2D eigenvalue weighted by molar-refractivity contribution is 0.297. The minimum absolute atomic E-state index is 0.720. The quantitative estimate of drug-likeness (QED) is 0.900. The number of aromatic amines is 1. The van der Waals surface area contributed by atoms with Crippen LogP contribution < -0.4 is 9.47 Å². The molecule has 0 amide bonds. The first kappa shape index (κ1) is 11.1. The Morgan fingerprint density at radius 3 is 2.63 bits per heavy atom. The first-order valence-electron chi connectivity index (χ1n) is 7.17. The van der Waals surface area contributed by atoms with E-state index in [1.54, 1.807) is 0 Å². The molecule has 1 N–H and O–H groups in total. The van der Waals surface area contributed by atoms with Gasteiger partial charge in [-0.2, -0.15) is 0 Å². The van der Waals surface area contributed by atoms with Crippen molar-refractivity contribution in [3.05, 3.63) is 18.0 Å². The smallest absolute Gasteiger partial charge is 0.163 e. The van der Waals surface area contributed by atoms with E-state index in [-0.39, 0.29) is 0 Å². The number of ether oxygens (including phenoxy) is 2. The first-order chi connectivity index (χ1) is 9.38. The van der Waals surface area contributed by atoms with Crippen LogP contribution in [-0.2, 0) is 6.42 Å². The summed E-state index contributed by atoms with van der Waals surface area (Å²) in [5.74, 6) is 3.58. The van der Waals surface area contributed by atoms with Gasteiger partial charge in [0.15, 0.2) is 11.5 Å². The largest absolute Gasteiger partial charge is 0.489 e. The number of nitrogens with one attached hydrogen (secondary N) is 1. The summed E-state index contributed by atoms with van der Waals surface area (Å²) in [5.41, 5.74) is 2.04. The lowest BCUT2D eigenvalue weighted by Crippen LogP contribution is -2.14. The van der Waals surface area contributed by atoms with Gasteiger partial charge >= 0.3 is 0 Å². The fraction of sp³-hybridized carbons (Fsp3) is 0.533. The van der Waals surface area contributed by atoms with Gasteiger partial charge in [-0.1, -0.05) is 19.3 Å². The lowest BCUT2D eigenvalue weighted by Gasteiger charge is -2.23. The van der Waals surface area contributed by atoms with Crippen LogP contribution in [0.4, 0.5) is 0 Å². The zero-order chi connectivity index (χ0) is 12.7. The molecule has 19 heavy (non-hydrogen) atoms. The number of rotatable bonds is 2. The Kier molecular flexibility index (Phi) is 2.60. The molecular formula is C15H18N2O2. The summed E-state index contributed by atoms with van der Waals surface area (Å²) in [4.78, 5) is 8.10. The summed E-state index contributed by atoms with van der Waals surface area (Å²) in [6.07, 6.45) is 6.07. The van der Waals surface area contributed by atoms with Crippen LogP contribution in [-0.4, -0.2) is 23.2 Å². The highest BCUT2D eigenvalue weighted by molar-refractivity contribution is 5.79. The summed E-state index contributed by atoms with van der Waals surface area (Å²) >= 11 is 0. The molecule has 2 aliphatic rings. The topological polar surface area (TPSA) is 47.1 Å². The number of hydrogen-bond donors (Lipinski definition) is 1. The molecule has 4 heteroatoms. The van der Waals surface area contributed by atoms with Crippen LogP contribution in [0.3, 0.4) is 0 Å². The minimum Gasteiger partial charge on any atom is -0.489 e. The van der Waals surface area contributed by atoms with E-state index in [9.17, 15) is 0 Å². The Balaban J connectivity index is 1.68. The van der Waals surface area contributed by atoms with Crippen molar-refractivity contribution in [2.45, 2.75) is 32.1 Å². The third kappa shape index (κ3) is 2.05. The highest BCUT2D eigenvalue weighted by Crippen LogP contribution is 2.34. The number of nitrogens with zero attached hydrogens (tertiary/aromatic N) is 1. The van der Waals surface area contributed by atoms with Crippen molar-refractivity contribution in [1.82, 2.24) is 9.97 Å². The molecule has 0 bridgehead atoms. The number of H-pyrrole nitrogens is 1. The molecule has 4 rings (SSSR count). The molecule has 0 spiro atoms. The van der Waals surface area contributed by atoms with Crippen molar-refractivity contribution < 1.29 is 9.47 Å². The average Bonchev–Trinajstić information content (AvgIpc) is 2.60. The third-order valence-electron chi connectivity index (χ3n) is 4.11. The zero-order valence-corrected chi connectivity index (χ0v) is 10.9. The molecule has 1 aliphatic heterocycles. The Morgan fingerprint density at radius 1 is 1.11 bits per heavy atom. The van der Waals surface area contributed by atoms with E-state index in [0.717, 1.165) is 60.3 Å². The number of aromatic nitrogens is 2. The number of imidazole rings is 1. The molecule has 1 aliphatic carbocycles. The van der Waals surface area contributed by atoms with Crippen molar-refractivity contribution in [2.24, 2.45) is 5.92 Å². The van der Waals surface area contributed by atoms with Crippen LogP contribution in [0.1, 0.15) is 31.5 Å². The standard InChI is InChI=1S/C15H18N2O2/c1-3-10(4-1)7-15-16-11-8-13-14(9-12(11)17-15)19-6-2-5-18-13/h8-10H,1-7H2,(H,16,17). The molecule has 1 fully saturated rings. The van der Waals surface area contributed by atoms with Crippen LogP contribution in [0.5, 0.6) is 11.5 Å². The highest BCUT2D eigenvalue weighted by Gasteiger charge is 2.20.